The predicted molar refractivity (Wildman–Crippen MR) is 125 cm³/mol. The highest BCUT2D eigenvalue weighted by Crippen LogP contribution is 2.44. The number of nitrogens with one attached hydrogen (secondary N) is 1. The fourth-order valence-corrected chi connectivity index (χ4v) is 4.67. The van der Waals surface area contributed by atoms with Gasteiger partial charge in [0.25, 0.3) is 0 Å². The van der Waals surface area contributed by atoms with Crippen molar-refractivity contribution < 1.29 is 9.90 Å². The Hall–Kier alpha value is -1.37. The van der Waals surface area contributed by atoms with Crippen molar-refractivity contribution in [2.45, 2.75) is 38.1 Å². The molecule has 0 saturated carbocycles. The van der Waals surface area contributed by atoms with E-state index in [1.54, 1.807) is 18.7 Å². The van der Waals surface area contributed by atoms with Gasteiger partial charge in [-0.2, -0.15) is 25.3 Å². The maximum Gasteiger partial charge on any atom is 0.303 e. The van der Waals surface area contributed by atoms with E-state index < -0.39 is 5.97 Å². The van der Waals surface area contributed by atoms with Crippen LogP contribution in [-0.2, 0) is 11.2 Å². The first-order valence-corrected chi connectivity index (χ1v) is 11.3. The summed E-state index contributed by atoms with van der Waals surface area (Å²) >= 11 is 8.10. The van der Waals surface area contributed by atoms with Gasteiger partial charge >= 0.3 is 5.97 Å². The number of carboxylic acids is 1. The number of nitrogens with zero attached hydrogens (tertiary/aromatic N) is 1. The summed E-state index contributed by atoms with van der Waals surface area (Å²) in [6, 6.07) is 7.35. The van der Waals surface area contributed by atoms with Crippen molar-refractivity contribution in [3.05, 3.63) is 48.2 Å². The topological polar surface area (TPSA) is 56.3 Å². The van der Waals surface area contributed by atoms with E-state index in [4.69, 9.17) is 5.11 Å². The summed E-state index contributed by atoms with van der Waals surface area (Å²) in [5.41, 5.74) is 4.32. The maximum atomic E-state index is 9.37. The van der Waals surface area contributed by atoms with Gasteiger partial charge in [-0.3, -0.25) is 9.69 Å². The van der Waals surface area contributed by atoms with Gasteiger partial charge in [0.1, 0.15) is 0 Å². The molecule has 4 rings (SSSR count). The van der Waals surface area contributed by atoms with Crippen LogP contribution in [0.15, 0.2) is 37.1 Å². The smallest absolute Gasteiger partial charge is 0.303 e. The number of likely N-dealkylation sites (tertiary alicyclic amines) is 1. The molecule has 154 valence electrons. The number of aromatic amines is 1. The normalized spacial score (nSPS) is 22.9. The van der Waals surface area contributed by atoms with Crippen LogP contribution in [0.2, 0.25) is 0 Å². The number of rotatable bonds is 4. The van der Waals surface area contributed by atoms with E-state index in [1.165, 1.54) is 22.9 Å². The Morgan fingerprint density at radius 3 is 2.75 bits per heavy atom. The van der Waals surface area contributed by atoms with Crippen LogP contribution in [0.25, 0.3) is 10.9 Å². The summed E-state index contributed by atoms with van der Waals surface area (Å²) in [6.07, 6.45) is 8.60. The highest BCUT2D eigenvalue weighted by atomic mass is 32.1. The van der Waals surface area contributed by atoms with Crippen LogP contribution in [-0.4, -0.2) is 52.1 Å². The standard InChI is InChI=1S/C18H22N2S.C3H6O2.CH4S/c1-2-6-20-10-12(11-21)7-15-14-4-3-5-16-18(14)13(9-19-16)8-17(15)20;1-2-3(4)5;1-2/h2-5,9,12,15,17,19,21H,1,6-8,10-11H2;2H2,1H3,(H,4,5);2H,1H3. The van der Waals surface area contributed by atoms with Crippen LogP contribution in [0.4, 0.5) is 0 Å². The molecule has 1 aromatic heterocycles. The van der Waals surface area contributed by atoms with Crippen molar-refractivity contribution >= 4 is 42.1 Å². The molecule has 4 nitrogen and oxygen atoms in total. The zero-order valence-electron chi connectivity index (χ0n) is 16.8. The monoisotopic (exact) mass is 420 g/mol. The number of aromatic nitrogens is 1. The molecule has 3 unspecified atom stereocenters. The van der Waals surface area contributed by atoms with Crippen LogP contribution >= 0.6 is 25.3 Å². The summed E-state index contributed by atoms with van der Waals surface area (Å²) in [5.74, 6) is 1.56. The van der Waals surface area contributed by atoms with E-state index in [0.29, 0.717) is 17.9 Å². The minimum absolute atomic E-state index is 0.222. The van der Waals surface area contributed by atoms with Gasteiger partial charge in [0.05, 0.1) is 0 Å². The molecule has 2 aliphatic rings. The second-order valence-corrected chi connectivity index (χ2v) is 7.60. The van der Waals surface area contributed by atoms with Gasteiger partial charge in [0.15, 0.2) is 0 Å². The van der Waals surface area contributed by atoms with Crippen LogP contribution < -0.4 is 0 Å². The molecule has 1 aromatic carbocycles. The zero-order valence-corrected chi connectivity index (χ0v) is 18.6. The fraction of sp³-hybridized carbons (Fsp3) is 0.500. The Bertz CT molecular complexity index is 790. The molecule has 0 bridgehead atoms. The van der Waals surface area contributed by atoms with Gasteiger partial charge in [0.2, 0.25) is 0 Å². The minimum Gasteiger partial charge on any atom is -0.481 e. The van der Waals surface area contributed by atoms with E-state index in [2.05, 4.69) is 66.1 Å². The third-order valence-corrected chi connectivity index (χ3v) is 6.10. The average molecular weight is 421 g/mol. The van der Waals surface area contributed by atoms with Crippen LogP contribution in [0.3, 0.4) is 0 Å². The zero-order chi connectivity index (χ0) is 20.7. The highest BCUT2D eigenvalue weighted by Gasteiger charge is 2.39. The van der Waals surface area contributed by atoms with Crippen molar-refractivity contribution in [1.29, 1.82) is 0 Å². The lowest BCUT2D eigenvalue weighted by Crippen LogP contribution is -2.50. The van der Waals surface area contributed by atoms with E-state index in [1.807, 2.05) is 6.08 Å². The van der Waals surface area contributed by atoms with Crippen LogP contribution in [0.1, 0.15) is 36.8 Å². The molecule has 3 atom stereocenters. The first-order chi connectivity index (χ1) is 13.6. The van der Waals surface area contributed by atoms with E-state index in [-0.39, 0.29) is 6.42 Å². The molecular formula is C22H32N2O2S2. The maximum absolute atomic E-state index is 9.37. The van der Waals surface area contributed by atoms with E-state index in [0.717, 1.165) is 25.3 Å². The molecule has 0 spiro atoms. The Kier molecular flexibility index (Phi) is 8.99. The molecule has 28 heavy (non-hydrogen) atoms. The second kappa shape index (κ2) is 11.0. The molecule has 0 amide bonds. The number of hydrogen-bond donors (Lipinski definition) is 4. The van der Waals surface area contributed by atoms with Crippen molar-refractivity contribution in [3.63, 3.8) is 0 Å². The molecule has 1 aliphatic heterocycles. The number of aliphatic carboxylic acids is 1. The lowest BCUT2D eigenvalue weighted by molar-refractivity contribution is -0.136. The molecule has 6 heteroatoms. The first kappa shape index (κ1) is 22.9. The Balaban J connectivity index is 0.000000352. The molecule has 2 aromatic rings. The van der Waals surface area contributed by atoms with Crippen molar-refractivity contribution in [2.75, 3.05) is 25.1 Å². The molecular weight excluding hydrogens is 388 g/mol. The van der Waals surface area contributed by atoms with Crippen molar-refractivity contribution in [3.8, 4) is 0 Å². The Morgan fingerprint density at radius 1 is 1.43 bits per heavy atom. The number of benzene rings is 1. The number of thiol groups is 2. The Morgan fingerprint density at radius 2 is 2.14 bits per heavy atom. The summed E-state index contributed by atoms with van der Waals surface area (Å²) in [4.78, 5) is 15.4. The summed E-state index contributed by atoms with van der Waals surface area (Å²) in [6.45, 7) is 7.70. The molecule has 1 fully saturated rings. The van der Waals surface area contributed by atoms with Gasteiger partial charge in [-0.25, -0.2) is 0 Å². The van der Waals surface area contributed by atoms with Gasteiger partial charge in [-0.1, -0.05) is 25.1 Å². The summed E-state index contributed by atoms with van der Waals surface area (Å²) in [5, 5.41) is 9.21. The quantitative estimate of drug-likeness (QED) is 0.430. The lowest BCUT2D eigenvalue weighted by atomic mass is 9.72. The summed E-state index contributed by atoms with van der Waals surface area (Å²) in [7, 11) is 0. The number of H-pyrrole nitrogens is 1. The molecule has 0 radical (unpaired) electrons. The number of carbonyl (C=O) groups is 1. The molecule has 2 heterocycles. The van der Waals surface area contributed by atoms with Gasteiger partial charge in [0, 0.05) is 48.6 Å². The average Bonchev–Trinajstić information content (AvgIpc) is 3.15. The largest absolute Gasteiger partial charge is 0.481 e. The third kappa shape index (κ3) is 4.97. The number of piperidine rings is 1. The third-order valence-electron chi connectivity index (χ3n) is 5.59. The highest BCUT2D eigenvalue weighted by molar-refractivity contribution is 7.80. The second-order valence-electron chi connectivity index (χ2n) is 7.24. The predicted octanol–water partition coefficient (Wildman–Crippen LogP) is 4.64. The van der Waals surface area contributed by atoms with Crippen molar-refractivity contribution in [1.82, 2.24) is 9.88 Å². The number of carboxylic acid groups (broad SMARTS) is 1. The first-order valence-electron chi connectivity index (χ1n) is 9.80. The molecule has 2 N–H and O–H groups in total. The van der Waals surface area contributed by atoms with Crippen LogP contribution in [0.5, 0.6) is 0 Å². The van der Waals surface area contributed by atoms with Gasteiger partial charge in [-0.05, 0) is 48.0 Å². The SMILES string of the molecule is C=CCN1CC(CS)CC2c3cccc4[nH]cc(c34)CC21.CCC(=O)O.CS. The van der Waals surface area contributed by atoms with Crippen LogP contribution in [0, 0.1) is 5.92 Å². The molecule has 1 aliphatic carbocycles. The lowest BCUT2D eigenvalue weighted by Gasteiger charge is -2.46. The Labute approximate surface area is 179 Å². The number of hydrogen-bond acceptors (Lipinski definition) is 4. The van der Waals surface area contributed by atoms with Gasteiger partial charge in [-0.15, -0.1) is 6.58 Å². The minimum atomic E-state index is -0.745. The summed E-state index contributed by atoms with van der Waals surface area (Å²) < 4.78 is 0. The number of fused-ring (bicyclic) bond motifs is 2. The van der Waals surface area contributed by atoms with E-state index >= 15 is 0 Å². The van der Waals surface area contributed by atoms with E-state index in [9.17, 15) is 4.79 Å². The fourth-order valence-electron chi connectivity index (χ4n) is 4.41. The van der Waals surface area contributed by atoms with Gasteiger partial charge < -0.3 is 10.1 Å². The van der Waals surface area contributed by atoms with Crippen molar-refractivity contribution in [2.24, 2.45) is 5.92 Å². The molecule has 1 saturated heterocycles.